The van der Waals surface area contributed by atoms with Crippen LogP contribution in [0.5, 0.6) is 0 Å². The molecular weight excluding hydrogens is 142 g/mol. The van der Waals surface area contributed by atoms with Crippen molar-refractivity contribution in [3.63, 3.8) is 0 Å². The fourth-order valence-electron chi connectivity index (χ4n) is 1.25. The highest BCUT2D eigenvalue weighted by atomic mass is 16.5. The van der Waals surface area contributed by atoms with Gasteiger partial charge < -0.3 is 5.73 Å². The lowest BCUT2D eigenvalue weighted by atomic mass is 9.71. The van der Waals surface area contributed by atoms with E-state index >= 15 is 0 Å². The van der Waals surface area contributed by atoms with Crippen molar-refractivity contribution < 1.29 is 5.21 Å². The number of guanidine groups is 1. The number of aliphatic imine (C=N–C) groups is 1. The van der Waals surface area contributed by atoms with E-state index in [0.29, 0.717) is 12.0 Å². The average molecular weight is 157 g/mol. The van der Waals surface area contributed by atoms with Gasteiger partial charge in [-0.2, -0.15) is 0 Å². The third-order valence-electron chi connectivity index (χ3n) is 2.31. The predicted octanol–water partition coefficient (Wildman–Crippen LogP) is 0.470. The van der Waals surface area contributed by atoms with Crippen molar-refractivity contribution in [3.05, 3.63) is 0 Å². The van der Waals surface area contributed by atoms with Crippen LogP contribution in [-0.4, -0.2) is 17.7 Å². The Hall–Kier alpha value is -0.770. The van der Waals surface area contributed by atoms with Gasteiger partial charge in [0.2, 0.25) is 5.96 Å². The second-order valence-corrected chi connectivity index (χ2v) is 3.48. The summed E-state index contributed by atoms with van der Waals surface area (Å²) in [7, 11) is 0. The molecule has 11 heavy (non-hydrogen) atoms. The first kappa shape index (κ1) is 8.33. The zero-order valence-corrected chi connectivity index (χ0v) is 6.80. The molecule has 4 heteroatoms. The van der Waals surface area contributed by atoms with Gasteiger partial charge in [0.05, 0.1) is 0 Å². The van der Waals surface area contributed by atoms with Crippen molar-refractivity contribution in [1.82, 2.24) is 5.48 Å². The SMILES string of the molecule is CC1(CN=C(N)NO)CCC1. The van der Waals surface area contributed by atoms with Crippen molar-refractivity contribution in [3.8, 4) is 0 Å². The maximum Gasteiger partial charge on any atom is 0.212 e. The molecule has 0 radical (unpaired) electrons. The van der Waals surface area contributed by atoms with E-state index in [2.05, 4.69) is 11.9 Å². The lowest BCUT2D eigenvalue weighted by molar-refractivity contribution is 0.172. The first-order valence-electron chi connectivity index (χ1n) is 3.86. The number of rotatable bonds is 2. The molecule has 0 spiro atoms. The summed E-state index contributed by atoms with van der Waals surface area (Å²) in [5.74, 6) is 0.109. The van der Waals surface area contributed by atoms with Crippen molar-refractivity contribution >= 4 is 5.96 Å². The van der Waals surface area contributed by atoms with Gasteiger partial charge in [-0.3, -0.25) is 10.2 Å². The fourth-order valence-corrected chi connectivity index (χ4v) is 1.25. The normalized spacial score (nSPS) is 22.5. The molecule has 4 nitrogen and oxygen atoms in total. The van der Waals surface area contributed by atoms with E-state index in [1.807, 2.05) is 5.48 Å². The Morgan fingerprint density at radius 3 is 2.73 bits per heavy atom. The standard InChI is InChI=1S/C7H15N3O/c1-7(3-2-4-7)5-9-6(8)10-11/h11H,2-5H2,1H3,(H3,8,9,10). The van der Waals surface area contributed by atoms with Crippen LogP contribution in [-0.2, 0) is 0 Å². The van der Waals surface area contributed by atoms with Crippen molar-refractivity contribution in [1.29, 1.82) is 0 Å². The van der Waals surface area contributed by atoms with E-state index < -0.39 is 0 Å². The van der Waals surface area contributed by atoms with Crippen LogP contribution in [0.3, 0.4) is 0 Å². The molecule has 1 aliphatic carbocycles. The molecule has 4 N–H and O–H groups in total. The molecule has 0 aromatic carbocycles. The first-order chi connectivity index (χ1) is 5.16. The first-order valence-corrected chi connectivity index (χ1v) is 3.86. The number of nitrogens with one attached hydrogen (secondary N) is 1. The largest absolute Gasteiger partial charge is 0.368 e. The summed E-state index contributed by atoms with van der Waals surface area (Å²) in [6, 6.07) is 0. The molecule has 1 saturated carbocycles. The van der Waals surface area contributed by atoms with Gasteiger partial charge in [0.1, 0.15) is 0 Å². The number of hydroxylamine groups is 1. The van der Waals surface area contributed by atoms with Crippen molar-refractivity contribution in [2.24, 2.45) is 16.1 Å². The van der Waals surface area contributed by atoms with Crippen LogP contribution in [0.25, 0.3) is 0 Å². The van der Waals surface area contributed by atoms with E-state index in [1.165, 1.54) is 19.3 Å². The molecule has 64 valence electrons. The van der Waals surface area contributed by atoms with Crippen molar-refractivity contribution in [2.45, 2.75) is 26.2 Å². The molecule has 1 rings (SSSR count). The Labute approximate surface area is 66.5 Å². The smallest absolute Gasteiger partial charge is 0.212 e. The third-order valence-corrected chi connectivity index (χ3v) is 2.31. The molecule has 0 atom stereocenters. The molecule has 0 unspecified atom stereocenters. The van der Waals surface area contributed by atoms with Gasteiger partial charge in [0.25, 0.3) is 0 Å². The molecule has 0 aromatic rings. The molecule has 1 fully saturated rings. The molecule has 0 bridgehead atoms. The van der Waals surface area contributed by atoms with Gasteiger partial charge in [0.15, 0.2) is 0 Å². The highest BCUT2D eigenvalue weighted by molar-refractivity contribution is 5.76. The number of nitrogens with two attached hydrogens (primary N) is 1. The highest BCUT2D eigenvalue weighted by Gasteiger charge is 2.31. The van der Waals surface area contributed by atoms with Crippen LogP contribution in [0, 0.1) is 5.41 Å². The zero-order valence-electron chi connectivity index (χ0n) is 6.80. The Balaban J connectivity index is 2.30. The Morgan fingerprint density at radius 2 is 2.36 bits per heavy atom. The third kappa shape index (κ3) is 2.08. The zero-order chi connectivity index (χ0) is 8.32. The number of hydrogen-bond donors (Lipinski definition) is 3. The number of hydrogen-bond acceptors (Lipinski definition) is 2. The monoisotopic (exact) mass is 157 g/mol. The summed E-state index contributed by atoms with van der Waals surface area (Å²) in [4.78, 5) is 3.97. The van der Waals surface area contributed by atoms with Gasteiger partial charge in [-0.15, -0.1) is 0 Å². The van der Waals surface area contributed by atoms with Crippen LogP contribution >= 0.6 is 0 Å². The Kier molecular flexibility index (Phi) is 2.34. The van der Waals surface area contributed by atoms with E-state index in [0.717, 1.165) is 0 Å². The summed E-state index contributed by atoms with van der Waals surface area (Å²) in [6.07, 6.45) is 3.73. The maximum atomic E-state index is 8.32. The number of nitrogens with zero attached hydrogens (tertiary/aromatic N) is 1. The van der Waals surface area contributed by atoms with E-state index in [4.69, 9.17) is 10.9 Å². The summed E-state index contributed by atoms with van der Waals surface area (Å²) in [6.45, 7) is 2.90. The van der Waals surface area contributed by atoms with E-state index in [1.54, 1.807) is 0 Å². The van der Waals surface area contributed by atoms with Gasteiger partial charge >= 0.3 is 0 Å². The highest BCUT2D eigenvalue weighted by Crippen LogP contribution is 2.40. The summed E-state index contributed by atoms with van der Waals surface area (Å²) in [5, 5.41) is 8.32. The van der Waals surface area contributed by atoms with Crippen LogP contribution in [0.2, 0.25) is 0 Å². The van der Waals surface area contributed by atoms with Crippen molar-refractivity contribution in [2.75, 3.05) is 6.54 Å². The van der Waals surface area contributed by atoms with Crippen LogP contribution < -0.4 is 11.2 Å². The minimum Gasteiger partial charge on any atom is -0.368 e. The summed E-state index contributed by atoms with van der Waals surface area (Å²) in [5.41, 5.74) is 7.40. The Bertz CT molecular complexity index is 163. The Morgan fingerprint density at radius 1 is 1.73 bits per heavy atom. The van der Waals surface area contributed by atoms with Gasteiger partial charge in [0, 0.05) is 6.54 Å². The molecular formula is C7H15N3O. The average Bonchev–Trinajstić information content (AvgIpc) is 1.96. The lowest BCUT2D eigenvalue weighted by Crippen LogP contribution is -2.33. The minimum atomic E-state index is 0.109. The second kappa shape index (κ2) is 3.09. The molecule has 0 aromatic heterocycles. The molecule has 0 aliphatic heterocycles. The summed E-state index contributed by atoms with van der Waals surface area (Å²) < 4.78 is 0. The quantitative estimate of drug-likeness (QED) is 0.310. The van der Waals surface area contributed by atoms with Gasteiger partial charge in [-0.1, -0.05) is 13.3 Å². The summed E-state index contributed by atoms with van der Waals surface area (Å²) >= 11 is 0. The topological polar surface area (TPSA) is 70.6 Å². The molecule has 1 aliphatic rings. The van der Waals surface area contributed by atoms with Crippen LogP contribution in [0.15, 0.2) is 4.99 Å². The second-order valence-electron chi connectivity index (χ2n) is 3.48. The van der Waals surface area contributed by atoms with Gasteiger partial charge in [-0.25, -0.2) is 5.48 Å². The van der Waals surface area contributed by atoms with Crippen LogP contribution in [0.4, 0.5) is 0 Å². The maximum absolute atomic E-state index is 8.32. The van der Waals surface area contributed by atoms with Gasteiger partial charge in [-0.05, 0) is 18.3 Å². The van der Waals surface area contributed by atoms with Crippen LogP contribution in [0.1, 0.15) is 26.2 Å². The fraction of sp³-hybridized carbons (Fsp3) is 0.857. The minimum absolute atomic E-state index is 0.109. The van der Waals surface area contributed by atoms with E-state index in [-0.39, 0.29) is 5.96 Å². The molecule has 0 saturated heterocycles. The molecule has 0 amide bonds. The lowest BCUT2D eigenvalue weighted by Gasteiger charge is -2.36. The predicted molar refractivity (Wildman–Crippen MR) is 43.4 cm³/mol. The van der Waals surface area contributed by atoms with E-state index in [9.17, 15) is 0 Å². The molecule has 0 heterocycles.